The molecule has 1 aliphatic heterocycles. The zero-order valence-corrected chi connectivity index (χ0v) is 46.2. The number of hydrogen-bond acceptors (Lipinski definition) is 11. The highest BCUT2D eigenvalue weighted by atomic mass is 35.5. The molecule has 18 heteroatoms. The van der Waals surface area contributed by atoms with E-state index in [1.54, 1.807) is 55.7 Å². The third-order valence-electron chi connectivity index (χ3n) is 11.5. The summed E-state index contributed by atoms with van der Waals surface area (Å²) < 4.78 is 56.0. The Morgan fingerprint density at radius 3 is 1.81 bits per heavy atom. The lowest BCUT2D eigenvalue weighted by Crippen LogP contribution is -2.27. The standard InChI is InChI=1S/C23H19F3N2O3.C23H20N2O2.C13H20N2O2.CH2Cl2/c1-14-10-15(2)19(12-18(14)23(24,25)26)28-21(30)13-20(29)16-6-5-7-17(11-16)31-22-8-3-4-9-27-22;1-15-10-18-12-19(26)14-22(25-21(18)11-16(15)2)17-6-5-7-20(13-17)27-23-8-3-4-9-24-23;1-8-6-10(14)11(7-9(8)2)15-12(16)17-13(3,4)5;2-1-3/h3-12H,13H2,1-2H3,(H,28,30);3-11,13H,12,14H2,1-2H3;6-7H,14H2,1-5H3,(H,15,16);1H2. The van der Waals surface area contributed by atoms with Crippen molar-refractivity contribution in [3.8, 4) is 23.3 Å². The SMILES string of the molecule is Cc1cc(C)c(C(F)(F)F)cc1NC(=O)CC(=O)c1cccc(Oc2ccccn2)c1.Cc1cc(N)c(NC(=O)OC(C)(C)C)cc1C.Cc1cc2c(cc1C)N=C(c1cccc(Oc3ccccn3)c1)CC(=O)C2.ClCCl. The minimum Gasteiger partial charge on any atom is -0.444 e. The summed E-state index contributed by atoms with van der Waals surface area (Å²) in [5.41, 5.74) is 14.5. The van der Waals surface area contributed by atoms with Gasteiger partial charge in [-0.3, -0.25) is 24.7 Å². The number of nitrogens with zero attached hydrogens (tertiary/aromatic N) is 3. The van der Waals surface area contributed by atoms with Crippen LogP contribution >= 0.6 is 23.2 Å². The van der Waals surface area contributed by atoms with Crippen LogP contribution in [0.1, 0.15) is 94.0 Å². The van der Waals surface area contributed by atoms with Gasteiger partial charge in [0, 0.05) is 54.2 Å². The first-order chi connectivity index (χ1) is 36.8. The van der Waals surface area contributed by atoms with Crippen molar-refractivity contribution >= 4 is 75.2 Å². The molecule has 0 unspecified atom stereocenters. The molecular weight excluding hydrogens is 1040 g/mol. The molecule has 2 aromatic heterocycles. The van der Waals surface area contributed by atoms with E-state index in [0.29, 0.717) is 53.0 Å². The molecule has 0 spiro atoms. The number of aryl methyl sites for hydroxylation is 6. The normalized spacial score (nSPS) is 11.8. The number of alkyl halides is 5. The van der Waals surface area contributed by atoms with Gasteiger partial charge in [0.2, 0.25) is 17.7 Å². The molecule has 0 saturated carbocycles. The molecule has 3 heterocycles. The molecule has 1 aliphatic rings. The lowest BCUT2D eigenvalue weighted by atomic mass is 9.99. The molecule has 4 N–H and O–H groups in total. The lowest BCUT2D eigenvalue weighted by molar-refractivity contribution is -0.138. The van der Waals surface area contributed by atoms with Gasteiger partial charge in [0.15, 0.2) is 5.78 Å². The Hall–Kier alpha value is -8.08. The fourth-order valence-corrected chi connectivity index (χ4v) is 7.54. The van der Waals surface area contributed by atoms with Crippen LogP contribution in [0.3, 0.4) is 0 Å². The van der Waals surface area contributed by atoms with Gasteiger partial charge in [-0.05, 0) is 162 Å². The largest absolute Gasteiger partial charge is 0.444 e. The van der Waals surface area contributed by atoms with Gasteiger partial charge in [0.05, 0.1) is 40.1 Å². The predicted octanol–water partition coefficient (Wildman–Crippen LogP) is 15.5. The number of aromatic nitrogens is 2. The van der Waals surface area contributed by atoms with Gasteiger partial charge in [-0.2, -0.15) is 13.2 Å². The van der Waals surface area contributed by atoms with Gasteiger partial charge in [0.1, 0.15) is 22.9 Å². The second-order valence-electron chi connectivity index (χ2n) is 19.0. The molecule has 5 aromatic carbocycles. The van der Waals surface area contributed by atoms with Crippen LogP contribution in [0, 0.1) is 41.5 Å². The van der Waals surface area contributed by atoms with Crippen molar-refractivity contribution in [1.29, 1.82) is 0 Å². The second kappa shape index (κ2) is 27.8. The molecule has 0 fully saturated rings. The van der Waals surface area contributed by atoms with Gasteiger partial charge in [-0.15, -0.1) is 23.2 Å². The molecule has 0 atom stereocenters. The fourth-order valence-electron chi connectivity index (χ4n) is 7.54. The van der Waals surface area contributed by atoms with Crippen LogP contribution < -0.4 is 25.8 Å². The van der Waals surface area contributed by atoms with Gasteiger partial charge in [-0.1, -0.05) is 48.5 Å². The van der Waals surface area contributed by atoms with Crippen molar-refractivity contribution in [3.05, 3.63) is 189 Å². The highest BCUT2D eigenvalue weighted by molar-refractivity contribution is 6.40. The van der Waals surface area contributed by atoms with E-state index in [2.05, 4.69) is 46.6 Å². The highest BCUT2D eigenvalue weighted by Crippen LogP contribution is 2.35. The number of amides is 2. The fraction of sp³-hybridized carbons (Fsp3) is 0.250. The zero-order chi connectivity index (χ0) is 57.3. The number of fused-ring (bicyclic) bond motifs is 1. The van der Waals surface area contributed by atoms with Crippen LogP contribution in [0.4, 0.5) is 40.7 Å². The van der Waals surface area contributed by atoms with Crippen LogP contribution in [0.25, 0.3) is 0 Å². The number of hydrogen-bond donors (Lipinski definition) is 3. The van der Waals surface area contributed by atoms with E-state index in [-0.39, 0.29) is 27.9 Å². The van der Waals surface area contributed by atoms with Crippen LogP contribution in [-0.4, -0.2) is 50.2 Å². The molecule has 2 amide bonds. The Morgan fingerprint density at radius 1 is 0.641 bits per heavy atom. The number of benzene rings is 5. The first-order valence-corrected chi connectivity index (χ1v) is 25.5. The van der Waals surface area contributed by atoms with Crippen LogP contribution in [0.5, 0.6) is 23.3 Å². The van der Waals surface area contributed by atoms with Gasteiger partial charge in [0.25, 0.3) is 0 Å². The molecule has 408 valence electrons. The predicted molar refractivity (Wildman–Crippen MR) is 302 cm³/mol. The number of aliphatic imine (C=N–C) groups is 1. The van der Waals surface area contributed by atoms with Gasteiger partial charge >= 0.3 is 12.3 Å². The average Bonchev–Trinajstić information content (AvgIpc) is 3.54. The summed E-state index contributed by atoms with van der Waals surface area (Å²) in [6.45, 7) is 16.5. The maximum Gasteiger partial charge on any atom is 0.416 e. The van der Waals surface area contributed by atoms with Crippen molar-refractivity contribution in [2.45, 2.75) is 93.4 Å². The first kappa shape index (κ1) is 60.8. The van der Waals surface area contributed by atoms with E-state index in [1.807, 2.05) is 83.1 Å². The molecule has 0 radical (unpaired) electrons. The maximum absolute atomic E-state index is 13.1. The number of Topliss-reactive ketones (excluding diaryl/α,β-unsaturated/α-hetero) is 2. The van der Waals surface area contributed by atoms with Gasteiger partial charge < -0.3 is 25.3 Å². The van der Waals surface area contributed by atoms with Crippen molar-refractivity contribution < 1.29 is 46.6 Å². The van der Waals surface area contributed by atoms with Crippen LogP contribution in [0.2, 0.25) is 0 Å². The van der Waals surface area contributed by atoms with E-state index in [1.165, 1.54) is 36.2 Å². The van der Waals surface area contributed by atoms with Crippen molar-refractivity contribution in [1.82, 2.24) is 9.97 Å². The van der Waals surface area contributed by atoms with Crippen molar-refractivity contribution in [2.75, 3.05) is 21.7 Å². The van der Waals surface area contributed by atoms with E-state index in [4.69, 9.17) is 48.1 Å². The Morgan fingerprint density at radius 2 is 1.22 bits per heavy atom. The van der Waals surface area contributed by atoms with Crippen LogP contribution in [-0.2, 0) is 26.9 Å². The van der Waals surface area contributed by atoms with E-state index in [9.17, 15) is 32.3 Å². The second-order valence-corrected chi connectivity index (χ2v) is 19.8. The van der Waals surface area contributed by atoms with Crippen LogP contribution in [0.15, 0.2) is 139 Å². The van der Waals surface area contributed by atoms with E-state index >= 15 is 0 Å². The summed E-state index contributed by atoms with van der Waals surface area (Å²) in [6.07, 6.45) is -1.57. The monoisotopic (exact) mass is 1100 g/mol. The Labute approximate surface area is 462 Å². The minimum absolute atomic E-state index is 0.0166. The van der Waals surface area contributed by atoms with Gasteiger partial charge in [-0.25, -0.2) is 14.8 Å². The molecule has 8 rings (SSSR count). The van der Waals surface area contributed by atoms with E-state index < -0.39 is 41.5 Å². The topological polar surface area (TPSA) is 184 Å². The number of rotatable bonds is 10. The molecule has 78 heavy (non-hydrogen) atoms. The number of carbonyl (C=O) groups is 4. The number of anilines is 3. The number of nitrogens with two attached hydrogens (primary N) is 1. The summed E-state index contributed by atoms with van der Waals surface area (Å²) in [4.78, 5) is 61.9. The quantitative estimate of drug-likeness (QED) is 0.0515. The molecule has 0 aliphatic carbocycles. The molecular formula is C60H61Cl2F3N6O7. The number of ketones is 2. The summed E-state index contributed by atoms with van der Waals surface area (Å²) in [6, 6.07) is 34.6. The highest BCUT2D eigenvalue weighted by Gasteiger charge is 2.33. The summed E-state index contributed by atoms with van der Waals surface area (Å²) in [7, 11) is 0. The number of ether oxygens (including phenoxy) is 3. The van der Waals surface area contributed by atoms with Crippen molar-refractivity contribution in [3.63, 3.8) is 0 Å². The number of pyridine rings is 2. The number of halogens is 5. The lowest BCUT2D eigenvalue weighted by Gasteiger charge is -2.20. The Bertz CT molecular complexity index is 3280. The zero-order valence-electron chi connectivity index (χ0n) is 44.7. The first-order valence-electron chi connectivity index (χ1n) is 24.4. The number of nitrogens with one attached hydrogen (secondary N) is 2. The number of carbonyl (C=O) groups excluding carboxylic acids is 4. The molecule has 0 saturated heterocycles. The summed E-state index contributed by atoms with van der Waals surface area (Å²) in [5.74, 6) is 0.892. The average molecular weight is 1110 g/mol. The molecule has 7 aromatic rings. The molecule has 0 bridgehead atoms. The third-order valence-corrected chi connectivity index (χ3v) is 11.5. The Balaban J connectivity index is 0.000000218. The Kier molecular flexibility index (Phi) is 21.7. The third kappa shape index (κ3) is 18.9. The number of nitrogen functional groups attached to an aromatic ring is 1. The summed E-state index contributed by atoms with van der Waals surface area (Å²) in [5, 5.41) is 5.25. The smallest absolute Gasteiger partial charge is 0.416 e. The van der Waals surface area contributed by atoms with E-state index in [0.717, 1.165) is 39.7 Å². The summed E-state index contributed by atoms with van der Waals surface area (Å²) >= 11 is 9.53. The van der Waals surface area contributed by atoms with Crippen molar-refractivity contribution in [2.24, 2.45) is 4.99 Å². The minimum atomic E-state index is -4.54. The maximum atomic E-state index is 13.1. The molecule has 13 nitrogen and oxygen atoms in total.